The molecule has 0 bridgehead atoms. The average Bonchev–Trinajstić information content (AvgIpc) is 3.17. The van der Waals surface area contributed by atoms with Gasteiger partial charge in [0, 0.05) is 22.6 Å². The highest BCUT2D eigenvalue weighted by Crippen LogP contribution is 2.52. The lowest BCUT2D eigenvalue weighted by Gasteiger charge is -2.14. The van der Waals surface area contributed by atoms with Crippen molar-refractivity contribution in [2.75, 3.05) is 0 Å². The number of aliphatic carboxylic acids is 1. The van der Waals surface area contributed by atoms with Crippen LogP contribution >= 0.6 is 22.9 Å². The first-order valence-electron chi connectivity index (χ1n) is 8.36. The molecule has 28 heavy (non-hydrogen) atoms. The molecule has 144 valence electrons. The van der Waals surface area contributed by atoms with Gasteiger partial charge in [0.25, 0.3) is 10.0 Å². The van der Waals surface area contributed by atoms with Crippen LogP contribution in [0.4, 0.5) is 0 Å². The molecule has 9 heteroatoms. The van der Waals surface area contributed by atoms with Crippen molar-refractivity contribution in [3.8, 4) is 10.4 Å². The number of nitrogens with one attached hydrogen (secondary N) is 1. The van der Waals surface area contributed by atoms with Gasteiger partial charge in [-0.15, -0.1) is 11.3 Å². The van der Waals surface area contributed by atoms with E-state index in [4.69, 9.17) is 11.6 Å². The molecule has 4 rings (SSSR count). The number of sulfonamides is 1. The predicted octanol–water partition coefficient (Wildman–Crippen LogP) is 3.75. The van der Waals surface area contributed by atoms with E-state index in [-0.39, 0.29) is 10.6 Å². The van der Waals surface area contributed by atoms with Gasteiger partial charge < -0.3 is 5.11 Å². The SMILES string of the molecule is O=C(O)[C@]1(NS(=O)(=O)c2ccc(-c3ccc(Cl)nc3)s2)C[C@@H]1c1ccccc1. The summed E-state index contributed by atoms with van der Waals surface area (Å²) in [5.74, 6) is -1.58. The van der Waals surface area contributed by atoms with E-state index in [1.165, 1.54) is 6.07 Å². The summed E-state index contributed by atoms with van der Waals surface area (Å²) in [5.41, 5.74) is 0.00991. The Balaban J connectivity index is 1.60. The van der Waals surface area contributed by atoms with E-state index in [9.17, 15) is 18.3 Å². The zero-order chi connectivity index (χ0) is 19.9. The summed E-state index contributed by atoms with van der Waals surface area (Å²) in [4.78, 5) is 16.6. The lowest BCUT2D eigenvalue weighted by atomic mass is 10.1. The van der Waals surface area contributed by atoms with Crippen LogP contribution in [0.5, 0.6) is 0 Å². The zero-order valence-corrected chi connectivity index (χ0v) is 16.8. The number of thiophene rings is 1. The second-order valence-electron chi connectivity index (χ2n) is 6.54. The second kappa shape index (κ2) is 6.97. The average molecular weight is 435 g/mol. The highest BCUT2D eigenvalue weighted by Gasteiger charge is 2.63. The van der Waals surface area contributed by atoms with Crippen molar-refractivity contribution in [3.05, 3.63) is 71.5 Å². The number of hydrogen-bond donors (Lipinski definition) is 2. The summed E-state index contributed by atoms with van der Waals surface area (Å²) < 4.78 is 28.2. The fourth-order valence-corrected chi connectivity index (χ4v) is 5.99. The third kappa shape index (κ3) is 3.44. The molecule has 2 atom stereocenters. The van der Waals surface area contributed by atoms with Crippen molar-refractivity contribution in [1.29, 1.82) is 0 Å². The van der Waals surface area contributed by atoms with Gasteiger partial charge in [-0.05, 0) is 36.2 Å². The van der Waals surface area contributed by atoms with Crippen molar-refractivity contribution < 1.29 is 18.3 Å². The monoisotopic (exact) mass is 434 g/mol. The first-order valence-corrected chi connectivity index (χ1v) is 11.0. The first kappa shape index (κ1) is 19.1. The number of hydrogen-bond acceptors (Lipinski definition) is 5. The summed E-state index contributed by atoms with van der Waals surface area (Å²) >= 11 is 6.83. The zero-order valence-electron chi connectivity index (χ0n) is 14.4. The molecule has 3 aromatic rings. The molecule has 0 radical (unpaired) electrons. The normalized spacial score (nSPS) is 21.4. The largest absolute Gasteiger partial charge is 0.480 e. The van der Waals surface area contributed by atoms with Crippen molar-refractivity contribution in [1.82, 2.24) is 9.71 Å². The fraction of sp³-hybridized carbons (Fsp3) is 0.158. The summed E-state index contributed by atoms with van der Waals surface area (Å²) in [7, 11) is -4.00. The van der Waals surface area contributed by atoms with E-state index in [2.05, 4.69) is 9.71 Å². The van der Waals surface area contributed by atoms with Crippen LogP contribution in [-0.2, 0) is 14.8 Å². The van der Waals surface area contributed by atoms with Gasteiger partial charge >= 0.3 is 5.97 Å². The van der Waals surface area contributed by atoms with Crippen molar-refractivity contribution in [2.45, 2.75) is 22.1 Å². The molecule has 0 unspecified atom stereocenters. The van der Waals surface area contributed by atoms with Crippen LogP contribution in [0.1, 0.15) is 17.9 Å². The minimum atomic E-state index is -4.00. The maximum Gasteiger partial charge on any atom is 0.325 e. The number of rotatable bonds is 6. The summed E-state index contributed by atoms with van der Waals surface area (Å²) in [6.45, 7) is 0. The molecule has 0 saturated heterocycles. The van der Waals surface area contributed by atoms with E-state index < -0.39 is 27.4 Å². The van der Waals surface area contributed by atoms with Crippen LogP contribution in [0, 0.1) is 0 Å². The minimum absolute atomic E-state index is 0.0526. The van der Waals surface area contributed by atoms with E-state index in [0.717, 1.165) is 22.5 Å². The quantitative estimate of drug-likeness (QED) is 0.576. The molecule has 1 aliphatic carbocycles. The number of carbonyl (C=O) groups is 1. The Morgan fingerprint density at radius 3 is 2.57 bits per heavy atom. The molecule has 1 aliphatic rings. The topological polar surface area (TPSA) is 96.4 Å². The predicted molar refractivity (Wildman–Crippen MR) is 107 cm³/mol. The van der Waals surface area contributed by atoms with Crippen molar-refractivity contribution in [2.24, 2.45) is 0 Å². The number of pyridine rings is 1. The molecule has 0 spiro atoms. The maximum atomic E-state index is 12.9. The second-order valence-corrected chi connectivity index (χ2v) is 9.92. The van der Waals surface area contributed by atoms with Crippen LogP contribution in [0.15, 0.2) is 65.0 Å². The molecular formula is C19H15ClN2O4S2. The lowest BCUT2D eigenvalue weighted by Crippen LogP contribution is -2.44. The summed E-state index contributed by atoms with van der Waals surface area (Å²) in [6.07, 6.45) is 1.77. The fourth-order valence-electron chi connectivity index (χ4n) is 3.17. The third-order valence-electron chi connectivity index (χ3n) is 4.72. The van der Waals surface area contributed by atoms with Gasteiger partial charge in [-0.25, -0.2) is 13.4 Å². The molecule has 6 nitrogen and oxygen atoms in total. The van der Waals surface area contributed by atoms with Crippen LogP contribution < -0.4 is 4.72 Å². The first-order chi connectivity index (χ1) is 13.3. The Morgan fingerprint density at radius 1 is 1.18 bits per heavy atom. The molecule has 1 saturated carbocycles. The highest BCUT2D eigenvalue weighted by molar-refractivity contribution is 7.91. The van der Waals surface area contributed by atoms with Gasteiger partial charge in [0.15, 0.2) is 0 Å². The van der Waals surface area contributed by atoms with Crippen molar-refractivity contribution >= 4 is 38.9 Å². The molecule has 1 fully saturated rings. The van der Waals surface area contributed by atoms with Gasteiger partial charge in [-0.3, -0.25) is 4.79 Å². The van der Waals surface area contributed by atoms with E-state index >= 15 is 0 Å². The summed E-state index contributed by atoms with van der Waals surface area (Å²) in [6, 6.07) is 15.6. The molecule has 1 aromatic carbocycles. The highest BCUT2D eigenvalue weighted by atomic mass is 35.5. The lowest BCUT2D eigenvalue weighted by molar-refractivity contribution is -0.140. The maximum absolute atomic E-state index is 12.9. The number of carboxylic acids is 1. The number of halogens is 1. The van der Waals surface area contributed by atoms with Gasteiger partial charge in [-0.1, -0.05) is 41.9 Å². The molecular weight excluding hydrogens is 420 g/mol. The van der Waals surface area contributed by atoms with Crippen LogP contribution in [0.2, 0.25) is 5.15 Å². The molecule has 0 aliphatic heterocycles. The van der Waals surface area contributed by atoms with E-state index in [1.54, 1.807) is 48.7 Å². The summed E-state index contributed by atoms with van der Waals surface area (Å²) in [5, 5.41) is 10.1. The Bertz CT molecular complexity index is 1130. The number of carboxylic acid groups (broad SMARTS) is 1. The Kier molecular flexibility index (Phi) is 4.75. The molecule has 2 heterocycles. The third-order valence-corrected chi connectivity index (χ3v) is 8.08. The Hall–Kier alpha value is -2.26. The smallest absolute Gasteiger partial charge is 0.325 e. The van der Waals surface area contributed by atoms with E-state index in [0.29, 0.717) is 10.0 Å². The van der Waals surface area contributed by atoms with Crippen LogP contribution in [0.25, 0.3) is 10.4 Å². The standard InChI is InChI=1S/C19H15ClN2O4S2/c20-16-8-6-13(11-21-16)15-7-9-17(27-15)28(25,26)22-19(18(23)24)10-14(19)12-4-2-1-3-5-12/h1-9,11,14,22H,10H2,(H,23,24)/t14-,19+/m1/s1. The van der Waals surface area contributed by atoms with Crippen molar-refractivity contribution in [3.63, 3.8) is 0 Å². The number of nitrogens with zero attached hydrogens (tertiary/aromatic N) is 1. The van der Waals surface area contributed by atoms with Gasteiger partial charge in [0.2, 0.25) is 0 Å². The van der Waals surface area contributed by atoms with Gasteiger partial charge in [0.05, 0.1) is 0 Å². The number of aromatic nitrogens is 1. The van der Waals surface area contributed by atoms with E-state index in [1.807, 2.05) is 6.07 Å². The van der Waals surface area contributed by atoms with Gasteiger partial charge in [0.1, 0.15) is 14.9 Å². The molecule has 2 N–H and O–H groups in total. The van der Waals surface area contributed by atoms with Gasteiger partial charge in [-0.2, -0.15) is 4.72 Å². The minimum Gasteiger partial charge on any atom is -0.480 e. The van der Waals surface area contributed by atoms with Crippen LogP contribution in [-0.4, -0.2) is 30.0 Å². The Morgan fingerprint density at radius 2 is 1.93 bits per heavy atom. The molecule has 2 aromatic heterocycles. The number of benzene rings is 1. The molecule has 0 amide bonds. The van der Waals surface area contributed by atoms with Crippen LogP contribution in [0.3, 0.4) is 0 Å². The Labute approximate surface area is 170 Å².